The number of aryl methyl sites for hydroxylation is 1. The highest BCUT2D eigenvalue weighted by Gasteiger charge is 2.32. The van der Waals surface area contributed by atoms with Gasteiger partial charge in [0.25, 0.3) is 0 Å². The quantitative estimate of drug-likeness (QED) is 0.776. The van der Waals surface area contributed by atoms with Gasteiger partial charge in [-0.05, 0) is 35.6 Å². The van der Waals surface area contributed by atoms with E-state index in [1.54, 1.807) is 0 Å². The van der Waals surface area contributed by atoms with E-state index in [-0.39, 0.29) is 0 Å². The van der Waals surface area contributed by atoms with Crippen LogP contribution in [0.2, 0.25) is 0 Å². The fourth-order valence-electron chi connectivity index (χ4n) is 2.54. The maximum atomic E-state index is 4.15. The molecule has 15 heavy (non-hydrogen) atoms. The van der Waals surface area contributed by atoms with Gasteiger partial charge in [0.05, 0.1) is 0 Å². The van der Waals surface area contributed by atoms with Crippen LogP contribution in [0, 0.1) is 5.92 Å². The van der Waals surface area contributed by atoms with E-state index in [0.29, 0.717) is 10.7 Å². The van der Waals surface area contributed by atoms with E-state index in [9.17, 15) is 0 Å². The second-order valence-corrected chi connectivity index (χ2v) is 5.64. The number of hydrogen-bond acceptors (Lipinski definition) is 3. The Morgan fingerprint density at radius 3 is 2.87 bits per heavy atom. The third-order valence-corrected chi connectivity index (χ3v) is 4.27. The normalized spacial score (nSPS) is 31.8. The summed E-state index contributed by atoms with van der Waals surface area (Å²) in [4.78, 5) is 0.627. The van der Waals surface area contributed by atoms with Crippen molar-refractivity contribution in [1.82, 2.24) is 20.2 Å². The van der Waals surface area contributed by atoms with E-state index >= 15 is 0 Å². The van der Waals surface area contributed by atoms with E-state index in [0.717, 1.165) is 18.2 Å². The van der Waals surface area contributed by atoms with Crippen LogP contribution >= 0.6 is 15.9 Å². The van der Waals surface area contributed by atoms with Crippen molar-refractivity contribution in [2.45, 2.75) is 43.4 Å². The molecular formula is C10H17BrN4. The average Bonchev–Trinajstić information content (AvgIpc) is 2.64. The smallest absolute Gasteiger partial charge is 0.154 e. The standard InChI is InChI=1S/C10H17BrN4/c1-3-7-4-5-8(11)6-9(7)10-12-13-14-15(10)2/h7-9H,3-6H2,1-2H3. The molecule has 0 N–H and O–H groups in total. The van der Waals surface area contributed by atoms with Crippen LogP contribution in [0.1, 0.15) is 44.3 Å². The molecule has 0 bridgehead atoms. The van der Waals surface area contributed by atoms with Crippen molar-refractivity contribution in [3.05, 3.63) is 5.82 Å². The largest absolute Gasteiger partial charge is 0.232 e. The highest BCUT2D eigenvalue weighted by molar-refractivity contribution is 9.09. The lowest BCUT2D eigenvalue weighted by Crippen LogP contribution is -2.25. The summed E-state index contributed by atoms with van der Waals surface area (Å²) < 4.78 is 1.82. The van der Waals surface area contributed by atoms with E-state index < -0.39 is 0 Å². The number of tetrazole rings is 1. The summed E-state index contributed by atoms with van der Waals surface area (Å²) in [6.45, 7) is 2.26. The zero-order valence-electron chi connectivity index (χ0n) is 9.23. The molecule has 3 unspecified atom stereocenters. The van der Waals surface area contributed by atoms with Crippen LogP contribution in [-0.2, 0) is 7.05 Å². The second kappa shape index (κ2) is 4.60. The first-order valence-electron chi connectivity index (χ1n) is 5.58. The molecule has 1 aromatic rings. The van der Waals surface area contributed by atoms with Crippen LogP contribution in [0.25, 0.3) is 0 Å². The van der Waals surface area contributed by atoms with Crippen LogP contribution in [0.3, 0.4) is 0 Å². The molecule has 1 aliphatic carbocycles. The monoisotopic (exact) mass is 272 g/mol. The zero-order chi connectivity index (χ0) is 10.8. The minimum absolute atomic E-state index is 0.521. The summed E-state index contributed by atoms with van der Waals surface area (Å²) in [7, 11) is 1.93. The van der Waals surface area contributed by atoms with E-state index in [4.69, 9.17) is 0 Å². The average molecular weight is 273 g/mol. The molecule has 5 heteroatoms. The maximum Gasteiger partial charge on any atom is 0.154 e. The molecule has 0 saturated heterocycles. The molecule has 0 radical (unpaired) electrons. The zero-order valence-corrected chi connectivity index (χ0v) is 10.8. The molecule has 0 aliphatic heterocycles. The Kier molecular flexibility index (Phi) is 3.38. The lowest BCUT2D eigenvalue weighted by molar-refractivity contribution is 0.291. The molecule has 1 heterocycles. The summed E-state index contributed by atoms with van der Waals surface area (Å²) in [5.41, 5.74) is 0. The third kappa shape index (κ3) is 2.22. The van der Waals surface area contributed by atoms with Crippen molar-refractivity contribution in [3.63, 3.8) is 0 Å². The Hall–Kier alpha value is -0.450. The van der Waals surface area contributed by atoms with Gasteiger partial charge in [-0.25, -0.2) is 4.68 Å². The van der Waals surface area contributed by atoms with Gasteiger partial charge >= 0.3 is 0 Å². The van der Waals surface area contributed by atoms with Crippen LogP contribution < -0.4 is 0 Å². The molecule has 4 nitrogen and oxygen atoms in total. The van der Waals surface area contributed by atoms with Crippen molar-refractivity contribution in [2.24, 2.45) is 13.0 Å². The minimum Gasteiger partial charge on any atom is -0.232 e. The first kappa shape index (κ1) is 11.0. The third-order valence-electron chi connectivity index (χ3n) is 3.44. The fourth-order valence-corrected chi connectivity index (χ4v) is 3.20. The Labute approximate surface area is 98.6 Å². The Morgan fingerprint density at radius 2 is 2.27 bits per heavy atom. The lowest BCUT2D eigenvalue weighted by atomic mass is 9.77. The summed E-state index contributed by atoms with van der Waals surface area (Å²) in [5.74, 6) is 2.31. The number of alkyl halides is 1. The molecule has 1 aliphatic rings. The number of nitrogens with zero attached hydrogens (tertiary/aromatic N) is 4. The SMILES string of the molecule is CCC1CCC(Br)CC1c1nnnn1C. The van der Waals surface area contributed by atoms with Crippen molar-refractivity contribution < 1.29 is 0 Å². The summed E-state index contributed by atoms with van der Waals surface area (Å²) in [5, 5.41) is 11.8. The van der Waals surface area contributed by atoms with Crippen molar-refractivity contribution in [1.29, 1.82) is 0 Å². The molecule has 0 spiro atoms. The first-order chi connectivity index (χ1) is 7.22. The molecule has 1 fully saturated rings. The Bertz CT molecular complexity index is 325. The van der Waals surface area contributed by atoms with Gasteiger partial charge in [0.2, 0.25) is 0 Å². The van der Waals surface area contributed by atoms with Gasteiger partial charge in [0.15, 0.2) is 5.82 Å². The highest BCUT2D eigenvalue weighted by atomic mass is 79.9. The first-order valence-corrected chi connectivity index (χ1v) is 6.50. The summed E-state index contributed by atoms with van der Waals surface area (Å²) in [6, 6.07) is 0. The number of rotatable bonds is 2. The number of halogens is 1. The molecule has 1 aromatic heterocycles. The molecule has 0 amide bonds. The predicted octanol–water partition coefficient (Wildman–Crippen LogP) is 2.27. The topological polar surface area (TPSA) is 43.6 Å². The summed E-state index contributed by atoms with van der Waals surface area (Å²) in [6.07, 6.45) is 4.94. The van der Waals surface area contributed by atoms with Gasteiger partial charge in [-0.3, -0.25) is 0 Å². The van der Waals surface area contributed by atoms with Gasteiger partial charge in [0.1, 0.15) is 0 Å². The fraction of sp³-hybridized carbons (Fsp3) is 0.900. The van der Waals surface area contributed by atoms with Gasteiger partial charge in [-0.15, -0.1) is 5.10 Å². The van der Waals surface area contributed by atoms with Crippen molar-refractivity contribution in [2.75, 3.05) is 0 Å². The van der Waals surface area contributed by atoms with Crippen molar-refractivity contribution in [3.8, 4) is 0 Å². The Balaban J connectivity index is 2.20. The molecule has 3 atom stereocenters. The number of aromatic nitrogens is 4. The minimum atomic E-state index is 0.521. The van der Waals surface area contributed by atoms with Crippen LogP contribution in [0.5, 0.6) is 0 Å². The maximum absolute atomic E-state index is 4.15. The predicted molar refractivity (Wildman–Crippen MR) is 61.9 cm³/mol. The van der Waals surface area contributed by atoms with Crippen LogP contribution in [0.4, 0.5) is 0 Å². The van der Waals surface area contributed by atoms with Crippen LogP contribution in [-0.4, -0.2) is 25.0 Å². The highest BCUT2D eigenvalue weighted by Crippen LogP contribution is 2.40. The van der Waals surface area contributed by atoms with E-state index in [1.165, 1.54) is 19.3 Å². The molecule has 84 valence electrons. The Morgan fingerprint density at radius 1 is 1.47 bits per heavy atom. The molecular weight excluding hydrogens is 256 g/mol. The van der Waals surface area contributed by atoms with Crippen LogP contribution in [0.15, 0.2) is 0 Å². The van der Waals surface area contributed by atoms with E-state index in [1.807, 2.05) is 11.7 Å². The second-order valence-electron chi connectivity index (χ2n) is 4.35. The molecule has 0 aromatic carbocycles. The molecule has 2 rings (SSSR count). The lowest BCUT2D eigenvalue weighted by Gasteiger charge is -2.32. The molecule has 1 saturated carbocycles. The van der Waals surface area contributed by atoms with Gasteiger partial charge in [-0.1, -0.05) is 29.3 Å². The van der Waals surface area contributed by atoms with Gasteiger partial charge < -0.3 is 0 Å². The summed E-state index contributed by atoms with van der Waals surface area (Å²) >= 11 is 3.72. The van der Waals surface area contributed by atoms with E-state index in [2.05, 4.69) is 38.4 Å². The van der Waals surface area contributed by atoms with Gasteiger partial charge in [0, 0.05) is 17.8 Å². The van der Waals surface area contributed by atoms with Crippen molar-refractivity contribution >= 4 is 15.9 Å². The van der Waals surface area contributed by atoms with Gasteiger partial charge in [-0.2, -0.15) is 0 Å². The number of hydrogen-bond donors (Lipinski definition) is 0.